The Kier molecular flexibility index (Phi) is 8.31. The molecule has 0 unspecified atom stereocenters. The topological polar surface area (TPSA) is 192 Å². The van der Waals surface area contributed by atoms with Crippen LogP contribution in [0, 0.1) is 0 Å². The molecule has 5 rings (SSSR count). The van der Waals surface area contributed by atoms with Gasteiger partial charge in [-0.1, -0.05) is 24.3 Å². The molecule has 2 aliphatic rings. The third-order valence-electron chi connectivity index (χ3n) is 6.87. The number of phenolic OH excluding ortho intramolecular Hbond substituents is 3. The summed E-state index contributed by atoms with van der Waals surface area (Å²) in [7, 11) is 0. The first-order chi connectivity index (χ1) is 20.1. The van der Waals surface area contributed by atoms with Gasteiger partial charge in [0.05, 0.1) is 13.0 Å². The molecule has 42 heavy (non-hydrogen) atoms. The van der Waals surface area contributed by atoms with Crippen molar-refractivity contribution in [3.05, 3.63) is 83.4 Å². The first kappa shape index (κ1) is 28.9. The van der Waals surface area contributed by atoms with Gasteiger partial charge in [0.2, 0.25) is 6.29 Å². The number of benzene rings is 3. The molecule has 0 bridgehead atoms. The number of ketones is 1. The molecule has 2 aliphatic heterocycles. The van der Waals surface area contributed by atoms with Gasteiger partial charge in [-0.25, -0.2) is 4.79 Å². The SMILES string of the molecule is O=C(C=Cc1ccc(O)cc1)O[C@@H]1[C@@H](Oc2cc(O)c3c(c2)O[C@H](c2ccc(O)cc2)CC3=O)O[C@@H](CO)[C@@H](O)[C@@H]1O. The highest BCUT2D eigenvalue weighted by Crippen LogP contribution is 2.42. The van der Waals surface area contributed by atoms with E-state index < -0.39 is 60.9 Å². The van der Waals surface area contributed by atoms with Gasteiger partial charge < -0.3 is 49.6 Å². The summed E-state index contributed by atoms with van der Waals surface area (Å²) in [5.74, 6) is -1.75. The van der Waals surface area contributed by atoms with Gasteiger partial charge in [-0.15, -0.1) is 0 Å². The number of ether oxygens (including phenoxy) is 4. The minimum Gasteiger partial charge on any atom is -0.508 e. The molecule has 3 aromatic rings. The lowest BCUT2D eigenvalue weighted by Crippen LogP contribution is -2.61. The fourth-order valence-electron chi connectivity index (χ4n) is 4.69. The third kappa shape index (κ3) is 6.16. The predicted molar refractivity (Wildman–Crippen MR) is 144 cm³/mol. The molecule has 12 nitrogen and oxygen atoms in total. The smallest absolute Gasteiger partial charge is 0.331 e. The van der Waals surface area contributed by atoms with Crippen molar-refractivity contribution in [2.75, 3.05) is 6.61 Å². The number of Topliss-reactive ketones (excluding diaryl/α,β-unsaturated/α-hetero) is 1. The van der Waals surface area contributed by atoms with E-state index in [4.69, 9.17) is 18.9 Å². The molecule has 0 radical (unpaired) electrons. The molecule has 3 aromatic carbocycles. The zero-order chi connectivity index (χ0) is 30.0. The quantitative estimate of drug-likeness (QED) is 0.176. The van der Waals surface area contributed by atoms with Gasteiger partial charge in [-0.05, 0) is 41.5 Å². The van der Waals surface area contributed by atoms with Crippen molar-refractivity contribution in [3.63, 3.8) is 0 Å². The maximum Gasteiger partial charge on any atom is 0.331 e. The van der Waals surface area contributed by atoms with Crippen LogP contribution in [0.4, 0.5) is 0 Å². The van der Waals surface area contributed by atoms with E-state index in [0.717, 1.165) is 12.1 Å². The molecule has 220 valence electrons. The molecule has 12 heteroatoms. The number of aliphatic hydroxyl groups excluding tert-OH is 3. The molecule has 0 saturated carbocycles. The van der Waals surface area contributed by atoms with Crippen molar-refractivity contribution in [2.45, 2.75) is 43.2 Å². The maximum absolute atomic E-state index is 12.9. The summed E-state index contributed by atoms with van der Waals surface area (Å²) in [5, 5.41) is 60.4. The van der Waals surface area contributed by atoms with Crippen LogP contribution >= 0.6 is 0 Å². The fraction of sp³-hybridized carbons (Fsp3) is 0.267. The molecule has 0 aliphatic carbocycles. The number of fused-ring (bicyclic) bond motifs is 1. The number of esters is 1. The highest BCUT2D eigenvalue weighted by molar-refractivity contribution is 6.02. The number of carbonyl (C=O) groups excluding carboxylic acids is 2. The van der Waals surface area contributed by atoms with Crippen LogP contribution in [0.5, 0.6) is 28.7 Å². The summed E-state index contributed by atoms with van der Waals surface area (Å²) < 4.78 is 22.7. The molecule has 1 fully saturated rings. The number of phenols is 3. The van der Waals surface area contributed by atoms with E-state index in [1.54, 1.807) is 24.3 Å². The van der Waals surface area contributed by atoms with Gasteiger partial charge in [0.25, 0.3) is 0 Å². The second-order valence-corrected chi connectivity index (χ2v) is 9.79. The van der Waals surface area contributed by atoms with Crippen LogP contribution in [-0.2, 0) is 14.3 Å². The van der Waals surface area contributed by atoms with E-state index in [1.807, 2.05) is 0 Å². The summed E-state index contributed by atoms with van der Waals surface area (Å²) in [6.45, 7) is -0.694. The van der Waals surface area contributed by atoms with Crippen LogP contribution < -0.4 is 9.47 Å². The van der Waals surface area contributed by atoms with Crippen molar-refractivity contribution < 1.29 is 59.2 Å². The molecule has 6 atom stereocenters. The molecule has 0 spiro atoms. The largest absolute Gasteiger partial charge is 0.508 e. The van der Waals surface area contributed by atoms with Gasteiger partial charge in [-0.3, -0.25) is 4.79 Å². The van der Waals surface area contributed by atoms with Gasteiger partial charge in [0.15, 0.2) is 11.9 Å². The van der Waals surface area contributed by atoms with E-state index in [9.17, 15) is 40.2 Å². The van der Waals surface area contributed by atoms with Crippen molar-refractivity contribution in [3.8, 4) is 28.7 Å². The van der Waals surface area contributed by atoms with E-state index in [-0.39, 0.29) is 35.0 Å². The Morgan fingerprint density at radius 1 is 0.952 bits per heavy atom. The lowest BCUT2D eigenvalue weighted by molar-refractivity contribution is -0.281. The molecular weight excluding hydrogens is 552 g/mol. The maximum atomic E-state index is 12.9. The Labute approximate surface area is 239 Å². The van der Waals surface area contributed by atoms with Crippen molar-refractivity contribution in [1.82, 2.24) is 0 Å². The number of carbonyl (C=O) groups is 2. The molecule has 0 aromatic heterocycles. The van der Waals surface area contributed by atoms with Gasteiger partial charge >= 0.3 is 5.97 Å². The minimum atomic E-state index is -1.73. The highest BCUT2D eigenvalue weighted by atomic mass is 16.7. The van der Waals surface area contributed by atoms with Crippen LogP contribution in [0.15, 0.2) is 66.7 Å². The number of aromatic hydroxyl groups is 3. The summed E-state index contributed by atoms with van der Waals surface area (Å²) in [4.78, 5) is 25.5. The van der Waals surface area contributed by atoms with Crippen LogP contribution in [0.25, 0.3) is 6.08 Å². The lowest BCUT2D eigenvalue weighted by Gasteiger charge is -2.41. The van der Waals surface area contributed by atoms with Crippen LogP contribution in [0.2, 0.25) is 0 Å². The average Bonchev–Trinajstić information content (AvgIpc) is 2.96. The Morgan fingerprint density at radius 2 is 1.62 bits per heavy atom. The summed E-state index contributed by atoms with van der Waals surface area (Å²) in [6.07, 6.45) is -6.09. The third-order valence-corrected chi connectivity index (χ3v) is 6.87. The Morgan fingerprint density at radius 3 is 2.29 bits per heavy atom. The van der Waals surface area contributed by atoms with E-state index in [0.29, 0.717) is 11.1 Å². The molecule has 2 heterocycles. The summed E-state index contributed by atoms with van der Waals surface area (Å²) >= 11 is 0. The number of hydrogen-bond acceptors (Lipinski definition) is 12. The van der Waals surface area contributed by atoms with Gasteiger partial charge in [0, 0.05) is 18.2 Å². The predicted octanol–water partition coefficient (Wildman–Crippen LogP) is 1.95. The lowest BCUT2D eigenvalue weighted by atomic mass is 9.95. The Bertz CT molecular complexity index is 1470. The molecule has 1 saturated heterocycles. The molecular formula is C30H28O12. The normalized spacial score (nSPS) is 25.5. The molecule has 0 amide bonds. The standard InChI is InChI=1S/C30H28O12/c31-14-24-27(37)28(38)29(42-25(36)10-3-15-1-6-17(32)7-2-15)30(41-24)39-19-11-20(34)26-21(35)13-22(40-23(26)12-19)16-4-8-18(33)9-5-16/h1-12,22,24,27-34,37-38H,13-14H2/t22-,24-,27+,28-,29-,30-/m0/s1. The van der Waals surface area contributed by atoms with Crippen LogP contribution in [-0.4, -0.2) is 79.7 Å². The van der Waals surface area contributed by atoms with E-state index in [1.165, 1.54) is 36.4 Å². The van der Waals surface area contributed by atoms with Crippen LogP contribution in [0.1, 0.15) is 34.0 Å². The number of hydrogen-bond donors (Lipinski definition) is 6. The first-order valence-electron chi connectivity index (χ1n) is 13.0. The summed E-state index contributed by atoms with van der Waals surface area (Å²) in [5.41, 5.74) is 1.12. The monoisotopic (exact) mass is 580 g/mol. The summed E-state index contributed by atoms with van der Waals surface area (Å²) in [6, 6.07) is 14.5. The second-order valence-electron chi connectivity index (χ2n) is 9.79. The number of aliphatic hydroxyl groups is 3. The average molecular weight is 581 g/mol. The van der Waals surface area contributed by atoms with Crippen molar-refractivity contribution >= 4 is 17.8 Å². The zero-order valence-electron chi connectivity index (χ0n) is 21.9. The minimum absolute atomic E-state index is 0.000184. The van der Waals surface area contributed by atoms with Crippen LogP contribution in [0.3, 0.4) is 0 Å². The second kappa shape index (κ2) is 12.1. The van der Waals surface area contributed by atoms with Gasteiger partial charge in [-0.2, -0.15) is 0 Å². The van der Waals surface area contributed by atoms with E-state index in [2.05, 4.69) is 0 Å². The molecule has 6 N–H and O–H groups in total. The fourth-order valence-corrected chi connectivity index (χ4v) is 4.69. The highest BCUT2D eigenvalue weighted by Gasteiger charge is 2.48. The van der Waals surface area contributed by atoms with Gasteiger partial charge in [0.1, 0.15) is 58.7 Å². The number of rotatable bonds is 7. The van der Waals surface area contributed by atoms with E-state index >= 15 is 0 Å². The van der Waals surface area contributed by atoms with Crippen molar-refractivity contribution in [2.24, 2.45) is 0 Å². The first-order valence-corrected chi connectivity index (χ1v) is 13.0. The zero-order valence-corrected chi connectivity index (χ0v) is 21.9. The Hall–Kier alpha value is -4.62. The van der Waals surface area contributed by atoms with Crippen molar-refractivity contribution in [1.29, 1.82) is 0 Å². The Balaban J connectivity index is 1.38.